The van der Waals surface area contributed by atoms with Gasteiger partial charge in [0.15, 0.2) is 11.6 Å². The first-order chi connectivity index (χ1) is 31.5. The van der Waals surface area contributed by atoms with E-state index in [4.69, 9.17) is 9.47 Å². The summed E-state index contributed by atoms with van der Waals surface area (Å²) < 4.78 is 13.4. The van der Waals surface area contributed by atoms with E-state index in [1.807, 2.05) is 24.3 Å². The average Bonchev–Trinajstić information content (AvgIpc) is 4.17. The lowest BCUT2D eigenvalue weighted by atomic mass is 9.81. The lowest BCUT2D eigenvalue weighted by Crippen LogP contribution is -2.24. The Morgan fingerprint density at radius 1 is 0.359 bits per heavy atom. The summed E-state index contributed by atoms with van der Waals surface area (Å²) in [4.78, 5) is 42.0. The number of carbonyl (C=O) groups is 2. The van der Waals surface area contributed by atoms with Crippen LogP contribution in [0, 0.1) is 0 Å². The zero-order valence-electron chi connectivity index (χ0n) is 36.4. The first-order valence-electron chi connectivity index (χ1n) is 22.7. The monoisotopic (exact) mass is 956 g/mol. The van der Waals surface area contributed by atoms with Crippen molar-refractivity contribution in [2.24, 2.45) is 0 Å². The minimum absolute atomic E-state index is 0.192. The van der Waals surface area contributed by atoms with Crippen LogP contribution in [0.25, 0.3) is 59.9 Å². The highest BCUT2D eigenvalue weighted by Gasteiger charge is 2.37. The second-order valence-electron chi connectivity index (χ2n) is 16.2. The number of unbranched alkanes of at least 4 members (excludes halogenated alkanes) is 10. The van der Waals surface area contributed by atoms with Crippen molar-refractivity contribution in [1.29, 1.82) is 0 Å². The maximum atomic E-state index is 15.1. The maximum Gasteiger partial charge on any atom is 0.198 e. The molecule has 64 heavy (non-hydrogen) atoms. The number of benzene rings is 2. The van der Waals surface area contributed by atoms with E-state index in [-0.39, 0.29) is 11.6 Å². The van der Waals surface area contributed by atoms with Crippen molar-refractivity contribution < 1.29 is 19.1 Å². The summed E-state index contributed by atoms with van der Waals surface area (Å²) in [5.41, 5.74) is 3.17. The molecule has 9 rings (SSSR count). The van der Waals surface area contributed by atoms with Gasteiger partial charge in [-0.15, -0.1) is 68.0 Å². The number of carbonyl (C=O) groups excluding carboxylic acids is 2. The van der Waals surface area contributed by atoms with Gasteiger partial charge in [-0.25, -0.2) is 0 Å². The Kier molecular flexibility index (Phi) is 14.9. The Morgan fingerprint density at radius 2 is 0.688 bits per heavy atom. The van der Waals surface area contributed by atoms with Crippen molar-refractivity contribution >= 4 is 79.6 Å². The number of thiophene rings is 6. The summed E-state index contributed by atoms with van der Waals surface area (Å²) in [7, 11) is 0. The standard InChI is InChI=1S/C54H52O4S6/c1-3-5-7-9-11-13-31-57-53-35(39-23-25-45(61-39)47-29-27-43(63-47)41-17-15-33-59-41)19-21-37-49(53)51(55)38-22-20-36(54(50(38)52(37)56)58-32-14-12-10-8-6-4-2)40-24-26-46(62-40)48-30-28-44(64-48)42-18-16-34-60-42/h15-30,33-34H,3-14,31-32H2,1-2H3. The molecule has 0 saturated carbocycles. The van der Waals surface area contributed by atoms with Gasteiger partial charge in [0.1, 0.15) is 11.5 Å². The summed E-state index contributed by atoms with van der Waals surface area (Å²) in [6, 6.07) is 33.5. The highest BCUT2D eigenvalue weighted by atomic mass is 32.1. The molecular formula is C54H52O4S6. The topological polar surface area (TPSA) is 52.6 Å². The van der Waals surface area contributed by atoms with Crippen molar-refractivity contribution in [3.8, 4) is 71.4 Å². The van der Waals surface area contributed by atoms with Crippen LogP contribution < -0.4 is 9.47 Å². The van der Waals surface area contributed by atoms with Crippen LogP contribution >= 0.6 is 68.0 Å². The van der Waals surface area contributed by atoms with Crippen LogP contribution in [0.3, 0.4) is 0 Å². The summed E-state index contributed by atoms with van der Waals surface area (Å²) in [6.45, 7) is 5.41. The summed E-state index contributed by atoms with van der Waals surface area (Å²) >= 11 is 10.5. The Morgan fingerprint density at radius 3 is 1.06 bits per heavy atom. The Balaban J connectivity index is 1.06. The zero-order chi connectivity index (χ0) is 43.8. The molecule has 4 nitrogen and oxygen atoms in total. The minimum atomic E-state index is -0.192. The smallest absolute Gasteiger partial charge is 0.198 e. The second kappa shape index (κ2) is 21.3. The van der Waals surface area contributed by atoms with E-state index in [2.05, 4.69) is 97.4 Å². The van der Waals surface area contributed by atoms with Crippen molar-refractivity contribution in [2.45, 2.75) is 90.9 Å². The number of ether oxygens (including phenoxy) is 2. The fourth-order valence-electron chi connectivity index (χ4n) is 8.34. The van der Waals surface area contributed by atoms with Crippen LogP contribution in [0.4, 0.5) is 0 Å². The molecule has 328 valence electrons. The largest absolute Gasteiger partial charge is 0.492 e. The normalized spacial score (nSPS) is 12.2. The van der Waals surface area contributed by atoms with Crippen molar-refractivity contribution in [2.75, 3.05) is 13.2 Å². The molecule has 6 aromatic heterocycles. The van der Waals surface area contributed by atoms with Crippen molar-refractivity contribution in [3.63, 3.8) is 0 Å². The van der Waals surface area contributed by atoms with E-state index in [9.17, 15) is 0 Å². The molecule has 2 aromatic carbocycles. The molecule has 1 aliphatic rings. The maximum absolute atomic E-state index is 15.1. The van der Waals surface area contributed by atoms with Gasteiger partial charge >= 0.3 is 0 Å². The fraction of sp³-hybridized carbons (Fsp3) is 0.296. The fourth-order valence-corrected chi connectivity index (χ4v) is 14.3. The van der Waals surface area contributed by atoms with Crippen LogP contribution in [0.2, 0.25) is 0 Å². The molecule has 0 radical (unpaired) electrons. The lowest BCUT2D eigenvalue weighted by Gasteiger charge is -2.25. The van der Waals surface area contributed by atoms with Gasteiger partial charge in [-0.1, -0.05) is 90.2 Å². The minimum Gasteiger partial charge on any atom is -0.492 e. The number of fused-ring (bicyclic) bond motifs is 2. The van der Waals surface area contributed by atoms with Crippen LogP contribution in [-0.4, -0.2) is 24.8 Å². The van der Waals surface area contributed by atoms with Gasteiger partial charge in [-0.2, -0.15) is 0 Å². The first kappa shape index (κ1) is 44.8. The predicted molar refractivity (Wildman–Crippen MR) is 277 cm³/mol. The SMILES string of the molecule is CCCCCCCCOc1c(-c2ccc(-c3ccc(-c4cccs4)s3)s2)ccc2c1C(=O)c1ccc(-c3ccc(-c4ccc(-c5cccs5)s4)s3)c(OCCCCCCCC)c1C2=O. The molecule has 0 amide bonds. The van der Waals surface area contributed by atoms with Gasteiger partial charge in [0, 0.05) is 71.0 Å². The Labute approximate surface area is 401 Å². The average molecular weight is 957 g/mol. The molecule has 0 aliphatic heterocycles. The number of hydrogen-bond donors (Lipinski definition) is 0. The molecular weight excluding hydrogens is 905 g/mol. The third-order valence-electron chi connectivity index (χ3n) is 11.7. The summed E-state index contributed by atoms with van der Waals surface area (Å²) in [5.74, 6) is 0.631. The molecule has 0 saturated heterocycles. The molecule has 0 fully saturated rings. The third kappa shape index (κ3) is 9.74. The van der Waals surface area contributed by atoms with Gasteiger partial charge in [-0.3, -0.25) is 9.59 Å². The van der Waals surface area contributed by atoms with Crippen molar-refractivity contribution in [1.82, 2.24) is 0 Å². The lowest BCUT2D eigenvalue weighted by molar-refractivity contribution is 0.0972. The molecule has 0 atom stereocenters. The van der Waals surface area contributed by atoms with Gasteiger partial charge in [0.05, 0.1) is 24.3 Å². The third-order valence-corrected chi connectivity index (χ3v) is 18.6. The Bertz CT molecular complexity index is 2620. The van der Waals surface area contributed by atoms with E-state index in [1.165, 1.54) is 67.8 Å². The Hall–Kier alpha value is -4.42. The van der Waals surface area contributed by atoms with E-state index in [1.54, 1.807) is 68.0 Å². The summed E-state index contributed by atoms with van der Waals surface area (Å²) in [5, 5.41) is 4.23. The molecule has 8 aromatic rings. The molecule has 0 spiro atoms. The van der Waals surface area contributed by atoms with Gasteiger partial charge in [-0.05, 0) is 109 Å². The van der Waals surface area contributed by atoms with E-state index < -0.39 is 0 Å². The molecule has 1 aliphatic carbocycles. The molecule has 0 unspecified atom stereocenters. The van der Waals surface area contributed by atoms with E-state index in [0.717, 1.165) is 69.2 Å². The number of hydrogen-bond acceptors (Lipinski definition) is 10. The van der Waals surface area contributed by atoms with Crippen LogP contribution in [0.15, 0.2) is 108 Å². The highest BCUT2D eigenvalue weighted by Crippen LogP contribution is 2.49. The van der Waals surface area contributed by atoms with Gasteiger partial charge < -0.3 is 9.47 Å². The van der Waals surface area contributed by atoms with E-state index >= 15 is 9.59 Å². The first-order valence-corrected chi connectivity index (χ1v) is 27.7. The van der Waals surface area contributed by atoms with Crippen LogP contribution in [0.5, 0.6) is 11.5 Å². The highest BCUT2D eigenvalue weighted by molar-refractivity contribution is 7.27. The van der Waals surface area contributed by atoms with Gasteiger partial charge in [0.2, 0.25) is 0 Å². The molecule has 6 heterocycles. The quantitative estimate of drug-likeness (QED) is 0.0635. The molecule has 10 heteroatoms. The van der Waals surface area contributed by atoms with E-state index in [0.29, 0.717) is 47.0 Å². The molecule has 0 N–H and O–H groups in total. The van der Waals surface area contributed by atoms with Crippen molar-refractivity contribution in [3.05, 3.63) is 130 Å². The summed E-state index contributed by atoms with van der Waals surface area (Å²) in [6.07, 6.45) is 13.5. The molecule has 0 bridgehead atoms. The van der Waals surface area contributed by atoms with Crippen LogP contribution in [-0.2, 0) is 0 Å². The number of rotatable bonds is 22. The number of ketones is 2. The second-order valence-corrected chi connectivity index (χ2v) is 22.5. The zero-order valence-corrected chi connectivity index (χ0v) is 41.3. The van der Waals surface area contributed by atoms with Crippen LogP contribution in [0.1, 0.15) is 123 Å². The predicted octanol–water partition coefficient (Wildman–Crippen LogP) is 18.3. The van der Waals surface area contributed by atoms with Gasteiger partial charge in [0.25, 0.3) is 0 Å².